The summed E-state index contributed by atoms with van der Waals surface area (Å²) >= 11 is 0. The van der Waals surface area contributed by atoms with Gasteiger partial charge in [-0.3, -0.25) is 10.1 Å². The zero-order chi connectivity index (χ0) is 12.8. The summed E-state index contributed by atoms with van der Waals surface area (Å²) in [5.41, 5.74) is 0.409. The monoisotopic (exact) mass is 241 g/mol. The van der Waals surface area contributed by atoms with Crippen molar-refractivity contribution in [2.45, 2.75) is 12.4 Å². The molecule has 0 heterocycles. The molecule has 6 heteroatoms. The average molecular weight is 241 g/mol. The van der Waals surface area contributed by atoms with E-state index in [0.717, 1.165) is 0 Å². The topological polar surface area (TPSA) is 70.8 Å². The Labute approximate surface area is 99.2 Å². The van der Waals surface area contributed by atoms with Crippen LogP contribution < -0.4 is 0 Å². The Morgan fingerprint density at radius 3 is 2.18 bits per heavy atom. The highest BCUT2D eigenvalue weighted by molar-refractivity contribution is 5.41. The van der Waals surface area contributed by atoms with Gasteiger partial charge in [0.25, 0.3) is 5.69 Å². The smallest absolute Gasteiger partial charge is 0.275 e. The van der Waals surface area contributed by atoms with Crippen LogP contribution in [0.25, 0.3) is 0 Å². The summed E-state index contributed by atoms with van der Waals surface area (Å²) in [6.07, 6.45) is -1.34. The van der Waals surface area contributed by atoms with Crippen LogP contribution in [0, 0.1) is 10.1 Å². The van der Waals surface area contributed by atoms with Crippen molar-refractivity contribution in [1.29, 1.82) is 0 Å². The van der Waals surface area contributed by atoms with Crippen LogP contribution in [0.15, 0.2) is 24.3 Å². The predicted octanol–water partition coefficient (Wildman–Crippen LogP) is 1.90. The highest BCUT2D eigenvalue weighted by Crippen LogP contribution is 2.30. The lowest BCUT2D eigenvalue weighted by molar-refractivity contribution is -0.386. The first kappa shape index (κ1) is 13.6. The number of hydrogen-bond donors (Lipinski definition) is 0. The van der Waals surface area contributed by atoms with Crippen molar-refractivity contribution in [3.8, 4) is 0 Å². The Morgan fingerprint density at radius 2 is 1.71 bits per heavy atom. The van der Waals surface area contributed by atoms with E-state index in [-0.39, 0.29) is 5.69 Å². The van der Waals surface area contributed by atoms with Gasteiger partial charge in [0.1, 0.15) is 6.10 Å². The molecule has 0 amide bonds. The molecule has 1 aromatic carbocycles. The molecule has 6 nitrogen and oxygen atoms in total. The molecule has 1 rings (SSSR count). The standard InChI is InChI=1S/C11H15NO5/c1-15-10(11(16-2)17-3)8-6-4-5-7-9(8)12(13)14/h4-7,10-11H,1-3H3. The first-order valence-corrected chi connectivity index (χ1v) is 4.97. The molecule has 0 fully saturated rings. The first-order chi connectivity index (χ1) is 8.15. The molecule has 0 aromatic heterocycles. The zero-order valence-corrected chi connectivity index (χ0v) is 9.95. The molecule has 0 N–H and O–H groups in total. The van der Waals surface area contributed by atoms with Crippen LogP contribution in [0.1, 0.15) is 11.7 Å². The van der Waals surface area contributed by atoms with Gasteiger partial charge in [-0.15, -0.1) is 0 Å². The number of nitrogens with zero attached hydrogens (tertiary/aromatic N) is 1. The molecule has 1 aromatic rings. The SMILES string of the molecule is COC(OC)C(OC)c1ccccc1[N+](=O)[O-]. The minimum Gasteiger partial charge on any atom is -0.371 e. The number of nitro benzene ring substituents is 1. The molecule has 0 aliphatic heterocycles. The maximum absolute atomic E-state index is 10.9. The van der Waals surface area contributed by atoms with Gasteiger partial charge in [0.15, 0.2) is 6.29 Å². The molecular formula is C11H15NO5. The largest absolute Gasteiger partial charge is 0.371 e. The van der Waals surface area contributed by atoms with Gasteiger partial charge in [-0.2, -0.15) is 0 Å². The second kappa shape index (κ2) is 6.29. The van der Waals surface area contributed by atoms with Crippen molar-refractivity contribution in [2.24, 2.45) is 0 Å². The van der Waals surface area contributed by atoms with Gasteiger partial charge in [0.2, 0.25) is 0 Å². The van der Waals surface area contributed by atoms with E-state index in [9.17, 15) is 10.1 Å². The predicted molar refractivity (Wildman–Crippen MR) is 60.7 cm³/mol. The van der Waals surface area contributed by atoms with Crippen LogP contribution in [-0.2, 0) is 14.2 Å². The quantitative estimate of drug-likeness (QED) is 0.432. The van der Waals surface area contributed by atoms with E-state index in [1.54, 1.807) is 18.2 Å². The van der Waals surface area contributed by atoms with E-state index in [1.807, 2.05) is 0 Å². The Bertz CT molecular complexity index is 378. The number of rotatable bonds is 6. The van der Waals surface area contributed by atoms with E-state index in [4.69, 9.17) is 14.2 Å². The lowest BCUT2D eigenvalue weighted by Gasteiger charge is -2.23. The van der Waals surface area contributed by atoms with Gasteiger partial charge in [-0.25, -0.2) is 0 Å². The molecule has 1 atom stereocenters. The van der Waals surface area contributed by atoms with Crippen molar-refractivity contribution in [3.63, 3.8) is 0 Å². The molecule has 0 bridgehead atoms. The van der Waals surface area contributed by atoms with Gasteiger partial charge < -0.3 is 14.2 Å². The number of benzene rings is 1. The maximum Gasteiger partial charge on any atom is 0.275 e. The van der Waals surface area contributed by atoms with Crippen LogP contribution in [-0.4, -0.2) is 32.5 Å². The van der Waals surface area contributed by atoms with Crippen molar-refractivity contribution in [1.82, 2.24) is 0 Å². The van der Waals surface area contributed by atoms with Gasteiger partial charge >= 0.3 is 0 Å². The third kappa shape index (κ3) is 3.00. The Morgan fingerprint density at radius 1 is 1.12 bits per heavy atom. The van der Waals surface area contributed by atoms with E-state index in [2.05, 4.69) is 0 Å². The van der Waals surface area contributed by atoms with Crippen molar-refractivity contribution < 1.29 is 19.1 Å². The second-order valence-electron chi connectivity index (χ2n) is 3.31. The minimum atomic E-state index is -0.693. The molecular weight excluding hydrogens is 226 g/mol. The Hall–Kier alpha value is -1.50. The summed E-state index contributed by atoms with van der Waals surface area (Å²) in [5, 5.41) is 10.9. The molecule has 17 heavy (non-hydrogen) atoms. The lowest BCUT2D eigenvalue weighted by Crippen LogP contribution is -2.25. The Balaban J connectivity index is 3.15. The fraction of sp³-hybridized carbons (Fsp3) is 0.455. The van der Waals surface area contributed by atoms with Crippen molar-refractivity contribution >= 4 is 5.69 Å². The highest BCUT2D eigenvalue weighted by atomic mass is 16.7. The van der Waals surface area contributed by atoms with E-state index in [0.29, 0.717) is 5.56 Å². The van der Waals surface area contributed by atoms with Gasteiger partial charge in [-0.1, -0.05) is 12.1 Å². The summed E-state index contributed by atoms with van der Waals surface area (Å²) in [6, 6.07) is 6.35. The summed E-state index contributed by atoms with van der Waals surface area (Å²) in [4.78, 5) is 10.5. The molecule has 1 unspecified atom stereocenters. The summed E-state index contributed by atoms with van der Waals surface area (Å²) in [7, 11) is 4.36. The second-order valence-corrected chi connectivity index (χ2v) is 3.31. The van der Waals surface area contributed by atoms with Crippen LogP contribution in [0.5, 0.6) is 0 Å². The number of hydrogen-bond acceptors (Lipinski definition) is 5. The van der Waals surface area contributed by atoms with E-state index in [1.165, 1.54) is 27.4 Å². The van der Waals surface area contributed by atoms with Gasteiger partial charge in [0.05, 0.1) is 10.5 Å². The number of ether oxygens (including phenoxy) is 3. The minimum absolute atomic E-state index is 0.0153. The molecule has 0 aliphatic rings. The van der Waals surface area contributed by atoms with Gasteiger partial charge in [0, 0.05) is 27.4 Å². The maximum atomic E-state index is 10.9. The molecule has 0 saturated carbocycles. The molecule has 94 valence electrons. The fourth-order valence-corrected chi connectivity index (χ4v) is 1.62. The molecule has 0 aliphatic carbocycles. The number of methoxy groups -OCH3 is 3. The van der Waals surface area contributed by atoms with Crippen molar-refractivity contribution in [2.75, 3.05) is 21.3 Å². The van der Waals surface area contributed by atoms with Crippen LogP contribution in [0.2, 0.25) is 0 Å². The summed E-state index contributed by atoms with van der Waals surface area (Å²) in [6.45, 7) is 0. The zero-order valence-electron chi connectivity index (χ0n) is 9.95. The van der Waals surface area contributed by atoms with Crippen molar-refractivity contribution in [3.05, 3.63) is 39.9 Å². The molecule has 0 saturated heterocycles. The van der Waals surface area contributed by atoms with Crippen LogP contribution in [0.4, 0.5) is 5.69 Å². The van der Waals surface area contributed by atoms with Crippen LogP contribution in [0.3, 0.4) is 0 Å². The third-order valence-corrected chi connectivity index (χ3v) is 2.41. The normalized spacial score (nSPS) is 12.7. The summed E-state index contributed by atoms with van der Waals surface area (Å²) in [5.74, 6) is 0. The lowest BCUT2D eigenvalue weighted by atomic mass is 10.1. The van der Waals surface area contributed by atoms with Crippen LogP contribution >= 0.6 is 0 Å². The Kier molecular flexibility index (Phi) is 5.02. The molecule has 0 spiro atoms. The number of para-hydroxylation sites is 1. The molecule has 0 radical (unpaired) electrons. The highest BCUT2D eigenvalue weighted by Gasteiger charge is 2.28. The third-order valence-electron chi connectivity index (χ3n) is 2.41. The number of nitro groups is 1. The van der Waals surface area contributed by atoms with E-state index >= 15 is 0 Å². The van der Waals surface area contributed by atoms with E-state index < -0.39 is 17.3 Å². The van der Waals surface area contributed by atoms with Gasteiger partial charge in [-0.05, 0) is 6.07 Å². The summed E-state index contributed by atoms with van der Waals surface area (Å²) < 4.78 is 15.4. The first-order valence-electron chi connectivity index (χ1n) is 4.97. The average Bonchev–Trinajstić information content (AvgIpc) is 2.35. The fourth-order valence-electron chi connectivity index (χ4n) is 1.62.